The van der Waals surface area contributed by atoms with Crippen LogP contribution in [0.15, 0.2) is 42.5 Å². The van der Waals surface area contributed by atoms with E-state index in [4.69, 9.17) is 27.9 Å². The third-order valence-electron chi connectivity index (χ3n) is 3.45. The van der Waals surface area contributed by atoms with E-state index in [1.807, 2.05) is 6.07 Å². The van der Waals surface area contributed by atoms with E-state index in [9.17, 15) is 4.79 Å². The Bertz CT molecular complexity index is 957. The molecule has 1 N–H and O–H groups in total. The Morgan fingerprint density at radius 1 is 1.33 bits per heavy atom. The number of fused-ring (bicyclic) bond motifs is 1. The first-order valence-corrected chi connectivity index (χ1v) is 7.58. The molecule has 3 aromatic rings. The summed E-state index contributed by atoms with van der Waals surface area (Å²) in [5.74, 6) is -0.303. The molecule has 5 nitrogen and oxygen atoms in total. The van der Waals surface area contributed by atoms with E-state index in [1.54, 1.807) is 36.4 Å². The number of imidazole rings is 1. The van der Waals surface area contributed by atoms with Crippen LogP contribution in [0.1, 0.15) is 12.0 Å². The van der Waals surface area contributed by atoms with Gasteiger partial charge in [0.25, 0.3) is 0 Å². The average molecular weight is 341 g/mol. The number of rotatable bonds is 5. The number of halogens is 1. The van der Waals surface area contributed by atoms with Crippen molar-refractivity contribution in [2.45, 2.75) is 12.8 Å². The van der Waals surface area contributed by atoms with Gasteiger partial charge in [-0.3, -0.25) is 4.79 Å². The number of carboxylic acid groups (broad SMARTS) is 1. The molecule has 24 heavy (non-hydrogen) atoms. The minimum atomic E-state index is -0.840. The smallest absolute Gasteiger partial charge is 0.315 e. The summed E-state index contributed by atoms with van der Waals surface area (Å²) in [6.07, 6.45) is 6.05. The van der Waals surface area contributed by atoms with Gasteiger partial charge in [0.1, 0.15) is 5.75 Å². The molecule has 1 heterocycles. The summed E-state index contributed by atoms with van der Waals surface area (Å²) in [6.45, 7) is 0. The Hall–Kier alpha value is -2.97. The number of aryl methyl sites for hydroxylation is 1. The van der Waals surface area contributed by atoms with Crippen LogP contribution in [0.25, 0.3) is 11.0 Å². The summed E-state index contributed by atoms with van der Waals surface area (Å²) in [5, 5.41) is 9.33. The van der Waals surface area contributed by atoms with E-state index in [-0.39, 0.29) is 12.4 Å². The molecule has 0 saturated heterocycles. The van der Waals surface area contributed by atoms with Crippen LogP contribution >= 0.6 is 11.6 Å². The van der Waals surface area contributed by atoms with Crippen LogP contribution in [0.5, 0.6) is 11.8 Å². The monoisotopic (exact) mass is 340 g/mol. The van der Waals surface area contributed by atoms with E-state index < -0.39 is 5.97 Å². The number of hydrogen-bond acceptors (Lipinski definition) is 3. The van der Waals surface area contributed by atoms with Crippen LogP contribution in [0.3, 0.4) is 0 Å². The first-order valence-electron chi connectivity index (χ1n) is 7.20. The van der Waals surface area contributed by atoms with Crippen LogP contribution in [0.4, 0.5) is 0 Å². The maximum atomic E-state index is 10.7. The highest BCUT2D eigenvalue weighted by Gasteiger charge is 2.12. The molecule has 0 aliphatic carbocycles. The molecule has 0 radical (unpaired) electrons. The molecule has 0 spiro atoms. The first-order chi connectivity index (χ1) is 11.6. The van der Waals surface area contributed by atoms with Gasteiger partial charge >= 0.3 is 12.0 Å². The van der Waals surface area contributed by atoms with Gasteiger partial charge in [-0.15, -0.1) is 0 Å². The van der Waals surface area contributed by atoms with Gasteiger partial charge in [0, 0.05) is 17.5 Å². The second-order valence-electron chi connectivity index (χ2n) is 5.14. The summed E-state index contributed by atoms with van der Waals surface area (Å²) >= 11 is 6.00. The maximum absolute atomic E-state index is 10.7. The first kappa shape index (κ1) is 15.9. The molecule has 0 unspecified atom stereocenters. The molecule has 120 valence electrons. The molecular weight excluding hydrogens is 328 g/mol. The summed E-state index contributed by atoms with van der Waals surface area (Å²) in [6, 6.07) is 15.2. The number of aromatic nitrogens is 2. The number of ether oxygens (including phenoxy) is 1. The predicted molar refractivity (Wildman–Crippen MR) is 91.4 cm³/mol. The fourth-order valence-corrected chi connectivity index (χ4v) is 2.51. The molecule has 0 aliphatic rings. The number of aliphatic carboxylic acids is 1. The van der Waals surface area contributed by atoms with Gasteiger partial charge in [-0.2, -0.15) is 4.98 Å². The molecule has 6 heteroatoms. The quantitative estimate of drug-likeness (QED) is 0.714. The van der Waals surface area contributed by atoms with Crippen LogP contribution < -0.4 is 4.74 Å². The highest BCUT2D eigenvalue weighted by atomic mass is 35.5. The van der Waals surface area contributed by atoms with Crippen LogP contribution in [0, 0.1) is 12.5 Å². The molecule has 0 saturated carbocycles. The summed E-state index contributed by atoms with van der Waals surface area (Å²) < 4.78 is 7.27. The van der Waals surface area contributed by atoms with E-state index in [0.29, 0.717) is 28.2 Å². The van der Waals surface area contributed by atoms with Crippen molar-refractivity contribution in [3.8, 4) is 24.2 Å². The molecule has 0 fully saturated rings. The number of hydrogen-bond donors (Lipinski definition) is 1. The van der Waals surface area contributed by atoms with Crippen molar-refractivity contribution in [1.29, 1.82) is 0 Å². The zero-order valence-corrected chi connectivity index (χ0v) is 13.3. The van der Waals surface area contributed by atoms with Gasteiger partial charge in [-0.05, 0) is 42.3 Å². The van der Waals surface area contributed by atoms with Gasteiger partial charge in [0.05, 0.1) is 11.0 Å². The number of nitrogens with zero attached hydrogens (tertiary/aromatic N) is 2. The van der Waals surface area contributed by atoms with Crippen molar-refractivity contribution in [1.82, 2.24) is 9.55 Å². The normalized spacial score (nSPS) is 10.5. The fourth-order valence-electron chi connectivity index (χ4n) is 2.34. The lowest BCUT2D eigenvalue weighted by atomic mass is 10.1. The Morgan fingerprint density at radius 2 is 2.17 bits per heavy atom. The summed E-state index contributed by atoms with van der Waals surface area (Å²) in [7, 11) is 0. The van der Waals surface area contributed by atoms with Crippen LogP contribution in [-0.4, -0.2) is 20.6 Å². The predicted octanol–water partition coefficient (Wildman–Crippen LogP) is 3.94. The average Bonchev–Trinajstić information content (AvgIpc) is 2.89. The maximum Gasteiger partial charge on any atom is 0.315 e. The molecular formula is C18H13ClN2O3. The SMILES string of the molecule is C#Cn1c(Oc2cccc(CCC(=O)O)c2)nc2ccc(Cl)cc21. The molecule has 2 aromatic carbocycles. The van der Waals surface area contributed by atoms with Crippen molar-refractivity contribution in [2.75, 3.05) is 0 Å². The minimum Gasteiger partial charge on any atom is -0.481 e. The molecule has 1 aromatic heterocycles. The molecule has 0 bridgehead atoms. The summed E-state index contributed by atoms with van der Waals surface area (Å²) in [5.41, 5.74) is 2.22. The van der Waals surface area contributed by atoms with Crippen molar-refractivity contribution < 1.29 is 14.6 Å². The molecule has 0 aliphatic heterocycles. The second kappa shape index (κ2) is 6.65. The Kier molecular flexibility index (Phi) is 4.41. The van der Waals surface area contributed by atoms with Gasteiger partial charge in [0.15, 0.2) is 0 Å². The number of benzene rings is 2. The van der Waals surface area contributed by atoms with Crippen molar-refractivity contribution in [3.05, 3.63) is 53.1 Å². The van der Waals surface area contributed by atoms with E-state index in [2.05, 4.69) is 11.0 Å². The Morgan fingerprint density at radius 3 is 2.92 bits per heavy atom. The van der Waals surface area contributed by atoms with Crippen LogP contribution in [-0.2, 0) is 11.2 Å². The molecule has 3 rings (SSSR count). The zero-order valence-electron chi connectivity index (χ0n) is 12.6. The number of carboxylic acids is 1. The second-order valence-corrected chi connectivity index (χ2v) is 5.57. The Labute approximate surface area is 143 Å². The lowest BCUT2D eigenvalue weighted by Crippen LogP contribution is -1.98. The van der Waals surface area contributed by atoms with Gasteiger partial charge in [0.2, 0.25) is 0 Å². The Balaban J connectivity index is 1.91. The molecule has 0 atom stereocenters. The third-order valence-corrected chi connectivity index (χ3v) is 3.69. The van der Waals surface area contributed by atoms with Gasteiger partial charge < -0.3 is 9.84 Å². The fraction of sp³-hybridized carbons (Fsp3) is 0.111. The largest absolute Gasteiger partial charge is 0.481 e. The highest BCUT2D eigenvalue weighted by Crippen LogP contribution is 2.27. The van der Waals surface area contributed by atoms with E-state index in [1.165, 1.54) is 4.57 Å². The molecule has 0 amide bonds. The minimum absolute atomic E-state index is 0.0603. The topological polar surface area (TPSA) is 64.3 Å². The van der Waals surface area contributed by atoms with Gasteiger partial charge in [-0.25, -0.2) is 4.57 Å². The van der Waals surface area contributed by atoms with Crippen molar-refractivity contribution >= 4 is 28.6 Å². The van der Waals surface area contributed by atoms with E-state index in [0.717, 1.165) is 5.56 Å². The standard InChI is InChI=1S/C18H13ClN2O3/c1-2-21-16-11-13(19)7-8-15(16)20-18(21)24-14-5-3-4-12(10-14)6-9-17(22)23/h1,3-5,7-8,10-11H,6,9H2,(H,22,23). The summed E-state index contributed by atoms with van der Waals surface area (Å²) in [4.78, 5) is 15.1. The lowest BCUT2D eigenvalue weighted by molar-refractivity contribution is -0.136. The van der Waals surface area contributed by atoms with Crippen LogP contribution in [0.2, 0.25) is 5.02 Å². The lowest BCUT2D eigenvalue weighted by Gasteiger charge is -2.06. The third kappa shape index (κ3) is 3.34. The number of carbonyl (C=O) groups is 1. The van der Waals surface area contributed by atoms with E-state index >= 15 is 0 Å². The van der Waals surface area contributed by atoms with Crippen molar-refractivity contribution in [2.24, 2.45) is 0 Å². The van der Waals surface area contributed by atoms with Crippen molar-refractivity contribution in [3.63, 3.8) is 0 Å². The zero-order chi connectivity index (χ0) is 17.1. The number of terminal acetylenes is 1. The van der Waals surface area contributed by atoms with Gasteiger partial charge in [-0.1, -0.05) is 30.2 Å². The highest BCUT2D eigenvalue weighted by molar-refractivity contribution is 6.31.